The third-order valence-electron chi connectivity index (χ3n) is 1.56. The van der Waals surface area contributed by atoms with Gasteiger partial charge in [0.1, 0.15) is 0 Å². The van der Waals surface area contributed by atoms with E-state index < -0.39 is 0 Å². The largest absolute Gasteiger partial charge is 0.323 e. The molecule has 2 heteroatoms. The van der Waals surface area contributed by atoms with Crippen LogP contribution in [0, 0.1) is 6.92 Å². The van der Waals surface area contributed by atoms with Crippen LogP contribution in [-0.2, 0) is 0 Å². The first kappa shape index (κ1) is 7.76. The quantitative estimate of drug-likeness (QED) is 0.697. The highest BCUT2D eigenvalue weighted by molar-refractivity contribution is 7.10. The van der Waals surface area contributed by atoms with Crippen molar-refractivity contribution in [2.75, 3.05) is 0 Å². The van der Waals surface area contributed by atoms with Crippen molar-refractivity contribution < 1.29 is 0 Å². The SMILES string of the molecule is CC[C@@H](N)c1cc(C)cs1. The summed E-state index contributed by atoms with van der Waals surface area (Å²) in [5.41, 5.74) is 7.14. The number of hydrogen-bond donors (Lipinski definition) is 1. The minimum atomic E-state index is 0.249. The molecule has 0 amide bonds. The van der Waals surface area contributed by atoms with Crippen LogP contribution in [0.3, 0.4) is 0 Å². The smallest absolute Gasteiger partial charge is 0.0387 e. The summed E-state index contributed by atoms with van der Waals surface area (Å²) in [6.45, 7) is 4.21. The lowest BCUT2D eigenvalue weighted by molar-refractivity contribution is 0.712. The Balaban J connectivity index is 2.74. The predicted octanol–water partition coefficient (Wildman–Crippen LogP) is 2.47. The zero-order chi connectivity index (χ0) is 7.56. The lowest BCUT2D eigenvalue weighted by Crippen LogP contribution is -2.05. The fourth-order valence-corrected chi connectivity index (χ4v) is 1.83. The van der Waals surface area contributed by atoms with Crippen molar-refractivity contribution in [3.05, 3.63) is 21.9 Å². The predicted molar refractivity (Wildman–Crippen MR) is 46.3 cm³/mol. The lowest BCUT2D eigenvalue weighted by Gasteiger charge is -2.03. The van der Waals surface area contributed by atoms with E-state index in [4.69, 9.17) is 5.73 Å². The molecule has 0 radical (unpaired) electrons. The van der Waals surface area contributed by atoms with Gasteiger partial charge in [0, 0.05) is 10.9 Å². The van der Waals surface area contributed by atoms with E-state index in [2.05, 4.69) is 25.3 Å². The van der Waals surface area contributed by atoms with Gasteiger partial charge in [-0.05, 0) is 30.4 Å². The highest BCUT2D eigenvalue weighted by Crippen LogP contribution is 2.21. The molecule has 1 aromatic rings. The summed E-state index contributed by atoms with van der Waals surface area (Å²) in [4.78, 5) is 1.31. The summed E-state index contributed by atoms with van der Waals surface area (Å²) in [5.74, 6) is 0. The maximum atomic E-state index is 5.82. The standard InChI is InChI=1S/C8H13NS/c1-3-7(9)8-4-6(2)5-10-8/h4-5,7H,3,9H2,1-2H3/t7-/m1/s1. The van der Waals surface area contributed by atoms with E-state index in [1.807, 2.05) is 0 Å². The van der Waals surface area contributed by atoms with Crippen LogP contribution in [-0.4, -0.2) is 0 Å². The molecule has 0 fully saturated rings. The van der Waals surface area contributed by atoms with Crippen molar-refractivity contribution in [2.24, 2.45) is 5.73 Å². The summed E-state index contributed by atoms with van der Waals surface area (Å²) < 4.78 is 0. The molecule has 0 saturated heterocycles. The van der Waals surface area contributed by atoms with E-state index in [9.17, 15) is 0 Å². The number of hydrogen-bond acceptors (Lipinski definition) is 2. The molecule has 0 aliphatic heterocycles. The molecule has 1 nitrogen and oxygen atoms in total. The molecule has 0 aliphatic carbocycles. The van der Waals surface area contributed by atoms with E-state index in [-0.39, 0.29) is 6.04 Å². The summed E-state index contributed by atoms with van der Waals surface area (Å²) in [6, 6.07) is 2.41. The maximum absolute atomic E-state index is 5.82. The van der Waals surface area contributed by atoms with Crippen LogP contribution in [0.25, 0.3) is 0 Å². The van der Waals surface area contributed by atoms with Crippen LogP contribution in [0.4, 0.5) is 0 Å². The van der Waals surface area contributed by atoms with E-state index in [0.29, 0.717) is 0 Å². The fourth-order valence-electron chi connectivity index (χ4n) is 0.849. The van der Waals surface area contributed by atoms with Gasteiger partial charge in [-0.15, -0.1) is 11.3 Å². The Labute approximate surface area is 65.9 Å². The maximum Gasteiger partial charge on any atom is 0.0387 e. The van der Waals surface area contributed by atoms with Gasteiger partial charge >= 0.3 is 0 Å². The van der Waals surface area contributed by atoms with Gasteiger partial charge in [0.25, 0.3) is 0 Å². The van der Waals surface area contributed by atoms with Crippen LogP contribution in [0.1, 0.15) is 29.8 Å². The van der Waals surface area contributed by atoms with E-state index >= 15 is 0 Å². The molecule has 10 heavy (non-hydrogen) atoms. The van der Waals surface area contributed by atoms with Crippen molar-refractivity contribution >= 4 is 11.3 Å². The number of aryl methyl sites for hydroxylation is 1. The Kier molecular flexibility index (Phi) is 2.46. The molecule has 0 aromatic carbocycles. The molecule has 0 aliphatic rings. The molecule has 0 bridgehead atoms. The Morgan fingerprint density at radius 3 is 2.80 bits per heavy atom. The van der Waals surface area contributed by atoms with Crippen molar-refractivity contribution in [1.29, 1.82) is 0 Å². The van der Waals surface area contributed by atoms with Gasteiger partial charge in [-0.1, -0.05) is 6.92 Å². The highest BCUT2D eigenvalue weighted by atomic mass is 32.1. The van der Waals surface area contributed by atoms with Crippen LogP contribution < -0.4 is 5.73 Å². The molecule has 0 saturated carbocycles. The number of thiophene rings is 1. The lowest BCUT2D eigenvalue weighted by atomic mass is 10.2. The molecule has 1 rings (SSSR count). The molecular weight excluding hydrogens is 142 g/mol. The Hall–Kier alpha value is -0.340. The van der Waals surface area contributed by atoms with E-state index in [0.717, 1.165) is 6.42 Å². The van der Waals surface area contributed by atoms with Crippen molar-refractivity contribution in [3.63, 3.8) is 0 Å². The van der Waals surface area contributed by atoms with E-state index in [1.54, 1.807) is 11.3 Å². The Bertz CT molecular complexity index is 205. The molecule has 56 valence electrons. The molecule has 1 heterocycles. The van der Waals surface area contributed by atoms with Crippen LogP contribution in [0.15, 0.2) is 11.4 Å². The van der Waals surface area contributed by atoms with Gasteiger partial charge in [-0.2, -0.15) is 0 Å². The molecule has 2 N–H and O–H groups in total. The molecule has 1 atom stereocenters. The van der Waals surface area contributed by atoms with Crippen molar-refractivity contribution in [1.82, 2.24) is 0 Å². The molecule has 1 aromatic heterocycles. The first-order valence-electron chi connectivity index (χ1n) is 3.54. The van der Waals surface area contributed by atoms with Gasteiger partial charge in [0.15, 0.2) is 0 Å². The topological polar surface area (TPSA) is 26.0 Å². The fraction of sp³-hybridized carbons (Fsp3) is 0.500. The third kappa shape index (κ3) is 1.58. The van der Waals surface area contributed by atoms with Gasteiger partial charge < -0.3 is 5.73 Å². The summed E-state index contributed by atoms with van der Waals surface area (Å²) >= 11 is 1.76. The average molecular weight is 155 g/mol. The minimum absolute atomic E-state index is 0.249. The number of rotatable bonds is 2. The average Bonchev–Trinajstić information content (AvgIpc) is 2.34. The van der Waals surface area contributed by atoms with Crippen LogP contribution in [0.5, 0.6) is 0 Å². The Morgan fingerprint density at radius 2 is 2.40 bits per heavy atom. The van der Waals surface area contributed by atoms with Crippen LogP contribution >= 0.6 is 11.3 Å². The van der Waals surface area contributed by atoms with Crippen LogP contribution in [0.2, 0.25) is 0 Å². The molecular formula is C8H13NS. The van der Waals surface area contributed by atoms with Crippen molar-refractivity contribution in [3.8, 4) is 0 Å². The first-order valence-corrected chi connectivity index (χ1v) is 4.42. The number of nitrogens with two attached hydrogens (primary N) is 1. The van der Waals surface area contributed by atoms with Gasteiger partial charge in [-0.25, -0.2) is 0 Å². The molecule has 0 spiro atoms. The van der Waals surface area contributed by atoms with Gasteiger partial charge in [0.05, 0.1) is 0 Å². The summed E-state index contributed by atoms with van der Waals surface area (Å²) in [7, 11) is 0. The van der Waals surface area contributed by atoms with Gasteiger partial charge in [-0.3, -0.25) is 0 Å². The minimum Gasteiger partial charge on any atom is -0.323 e. The monoisotopic (exact) mass is 155 g/mol. The second-order valence-corrected chi connectivity index (χ2v) is 3.48. The third-order valence-corrected chi connectivity index (χ3v) is 2.74. The summed E-state index contributed by atoms with van der Waals surface area (Å²) in [6.07, 6.45) is 1.03. The van der Waals surface area contributed by atoms with Gasteiger partial charge in [0.2, 0.25) is 0 Å². The Morgan fingerprint density at radius 1 is 1.70 bits per heavy atom. The first-order chi connectivity index (χ1) is 4.74. The summed E-state index contributed by atoms with van der Waals surface area (Å²) in [5, 5.41) is 2.14. The second-order valence-electron chi connectivity index (χ2n) is 2.54. The zero-order valence-electron chi connectivity index (χ0n) is 6.42. The normalized spacial score (nSPS) is 13.5. The van der Waals surface area contributed by atoms with Crippen molar-refractivity contribution in [2.45, 2.75) is 26.3 Å². The second kappa shape index (κ2) is 3.17. The molecule has 0 unspecified atom stereocenters. The zero-order valence-corrected chi connectivity index (χ0v) is 7.24. The van der Waals surface area contributed by atoms with E-state index in [1.165, 1.54) is 10.4 Å². The highest BCUT2D eigenvalue weighted by Gasteiger charge is 2.03.